The van der Waals surface area contributed by atoms with Gasteiger partial charge in [-0.25, -0.2) is 12.5 Å². The van der Waals surface area contributed by atoms with Gasteiger partial charge in [-0.2, -0.15) is 25.3 Å². The van der Waals surface area contributed by atoms with Gasteiger partial charge in [0.2, 0.25) is 0 Å². The van der Waals surface area contributed by atoms with E-state index >= 15 is 0 Å². The molecule has 12 atom stereocenters. The van der Waals surface area contributed by atoms with E-state index in [1.165, 1.54) is 0 Å². The molecule has 4 aliphatic carbocycles. The van der Waals surface area contributed by atoms with Crippen molar-refractivity contribution in [3.05, 3.63) is 0 Å². The average molecular weight is 675 g/mol. The summed E-state index contributed by atoms with van der Waals surface area (Å²) in [6, 6.07) is 0. The lowest BCUT2D eigenvalue weighted by Gasteiger charge is -2.63. The highest BCUT2D eigenvalue weighted by Crippen LogP contribution is 2.69. The van der Waals surface area contributed by atoms with E-state index in [0.29, 0.717) is 30.1 Å². The fourth-order valence-corrected chi connectivity index (χ4v) is 11.6. The molecule has 0 heterocycles. The first kappa shape index (κ1) is 35.5. The monoisotopic (exact) mass is 674 g/mol. The van der Waals surface area contributed by atoms with Crippen LogP contribution in [-0.4, -0.2) is 57.2 Å². The first-order valence-corrected chi connectivity index (χ1v) is 19.6. The molecule has 0 aromatic carbocycles. The van der Waals surface area contributed by atoms with Crippen molar-refractivity contribution in [2.24, 2.45) is 58.2 Å². The summed E-state index contributed by atoms with van der Waals surface area (Å²) in [4.78, 5) is 0. The predicted molar refractivity (Wildman–Crippen MR) is 158 cm³/mol. The summed E-state index contributed by atoms with van der Waals surface area (Å²) in [6.45, 7) is 13.4. The lowest BCUT2D eigenvalue weighted by Crippen LogP contribution is -2.62. The van der Waals surface area contributed by atoms with Gasteiger partial charge >= 0.3 is 31.2 Å². The molecule has 3 N–H and O–H groups in total. The molecule has 0 bridgehead atoms. The number of fused-ring (bicyclic) bond motifs is 5. The van der Waals surface area contributed by atoms with Gasteiger partial charge in [0.15, 0.2) is 0 Å². The zero-order valence-corrected chi connectivity index (χ0v) is 28.4. The maximum absolute atomic E-state index is 12.0. The van der Waals surface area contributed by atoms with Crippen LogP contribution < -0.4 is 0 Å². The highest BCUT2D eigenvalue weighted by atomic mass is 32.3. The van der Waals surface area contributed by atoms with Gasteiger partial charge in [-0.3, -0.25) is 13.7 Å². The molecular formula is C28H50O12S3. The molecule has 0 aromatic rings. The van der Waals surface area contributed by atoms with Crippen molar-refractivity contribution in [2.45, 2.75) is 118 Å². The number of hydrogen-bond donors (Lipinski definition) is 3. The zero-order chi connectivity index (χ0) is 32.3. The van der Waals surface area contributed by atoms with Gasteiger partial charge in [0.25, 0.3) is 0 Å². The lowest BCUT2D eigenvalue weighted by atomic mass is 9.43. The van der Waals surface area contributed by atoms with Gasteiger partial charge in [0.1, 0.15) is 12.2 Å². The molecule has 12 nitrogen and oxygen atoms in total. The quantitative estimate of drug-likeness (QED) is 0.245. The van der Waals surface area contributed by atoms with Gasteiger partial charge in [0, 0.05) is 0 Å². The Morgan fingerprint density at radius 1 is 0.674 bits per heavy atom. The molecule has 0 spiro atoms. The van der Waals surface area contributed by atoms with Crippen LogP contribution >= 0.6 is 0 Å². The van der Waals surface area contributed by atoms with E-state index in [0.717, 1.165) is 38.5 Å². The van der Waals surface area contributed by atoms with Crippen LogP contribution in [0.2, 0.25) is 0 Å². The van der Waals surface area contributed by atoms with Crippen LogP contribution in [0.3, 0.4) is 0 Å². The molecule has 4 aliphatic rings. The van der Waals surface area contributed by atoms with Crippen LogP contribution in [0.15, 0.2) is 0 Å². The Morgan fingerprint density at radius 2 is 1.21 bits per heavy atom. The summed E-state index contributed by atoms with van der Waals surface area (Å²) >= 11 is 0. The smallest absolute Gasteiger partial charge is 0.264 e. The van der Waals surface area contributed by atoms with Crippen molar-refractivity contribution in [3.63, 3.8) is 0 Å². The third-order valence-electron chi connectivity index (χ3n) is 12.3. The zero-order valence-electron chi connectivity index (χ0n) is 26.0. The second-order valence-electron chi connectivity index (χ2n) is 14.9. The topological polar surface area (TPSA) is 191 Å². The van der Waals surface area contributed by atoms with Crippen LogP contribution in [0.1, 0.15) is 99.3 Å². The lowest BCUT2D eigenvalue weighted by molar-refractivity contribution is -0.184. The van der Waals surface area contributed by atoms with Gasteiger partial charge in [-0.05, 0) is 103 Å². The van der Waals surface area contributed by atoms with E-state index in [9.17, 15) is 38.9 Å². The van der Waals surface area contributed by atoms with Crippen LogP contribution in [0.5, 0.6) is 0 Å². The maximum atomic E-state index is 12.0. The molecule has 4 rings (SSSR count). The van der Waals surface area contributed by atoms with E-state index in [2.05, 4.69) is 34.6 Å². The summed E-state index contributed by atoms with van der Waals surface area (Å²) < 4.78 is 114. The van der Waals surface area contributed by atoms with Crippen LogP contribution in [0.25, 0.3) is 0 Å². The summed E-state index contributed by atoms with van der Waals surface area (Å²) in [7, 11) is -15.0. The summed E-state index contributed by atoms with van der Waals surface area (Å²) in [5.74, 6) is 1.84. The van der Waals surface area contributed by atoms with Gasteiger partial charge in [-0.15, -0.1) is 0 Å². The molecular weight excluding hydrogens is 624 g/mol. The van der Waals surface area contributed by atoms with Crippen molar-refractivity contribution >= 4 is 31.2 Å². The van der Waals surface area contributed by atoms with Crippen molar-refractivity contribution in [3.8, 4) is 0 Å². The molecule has 15 heteroatoms. The minimum Gasteiger partial charge on any atom is -0.264 e. The Balaban J connectivity index is 1.67. The van der Waals surface area contributed by atoms with Crippen molar-refractivity contribution < 1.29 is 51.5 Å². The van der Waals surface area contributed by atoms with Crippen LogP contribution in [0, 0.1) is 58.2 Å². The minimum atomic E-state index is -5.06. The highest BCUT2D eigenvalue weighted by Gasteiger charge is 2.65. The van der Waals surface area contributed by atoms with Gasteiger partial charge in [-0.1, -0.05) is 54.4 Å². The normalized spacial score (nSPS) is 41.7. The SMILES string of the molecule is CC(C)C(C)CC[C@@H](C)[C@H]1CC[C@H]2[C@@H]3C[C@H](OS(=O)(=O)O)[C@H]4C[C@H](OS(=O)(=O)O)[C@@H](OS(=O)(=O)O)C[C@]4(C)[C@H]3CC[C@]12C. The van der Waals surface area contributed by atoms with Gasteiger partial charge in [0.05, 0.1) is 6.10 Å². The second-order valence-corrected chi connectivity index (χ2v) is 18.0. The molecule has 4 saturated carbocycles. The molecule has 0 radical (unpaired) electrons. The molecule has 0 aromatic heterocycles. The van der Waals surface area contributed by atoms with Crippen LogP contribution in [-0.2, 0) is 43.7 Å². The Bertz CT molecular complexity index is 1330. The standard InChI is InChI=1S/C28H50O12S3/c1-16(2)17(3)7-8-18(4)20-9-10-21-19-13-24(38-41(29,30)31)23-14-25(39-42(32,33)34)26(40-43(35,36)37)15-28(23,6)22(19)11-12-27(20,21)5/h16-26H,7-15H2,1-6H3,(H,29,30,31)(H,32,33,34)(H,35,36,37)/t17?,18-,19+,20-,21+,22+,23-,24+,25+,26+,27-,28-/m1/s1. The second kappa shape index (κ2) is 12.3. The fraction of sp³-hybridized carbons (Fsp3) is 1.00. The first-order valence-electron chi connectivity index (χ1n) is 15.5. The first-order chi connectivity index (χ1) is 19.5. The van der Waals surface area contributed by atoms with E-state index in [-0.39, 0.29) is 36.0 Å². The van der Waals surface area contributed by atoms with Crippen LogP contribution in [0.4, 0.5) is 0 Å². The number of hydrogen-bond acceptors (Lipinski definition) is 9. The minimum absolute atomic E-state index is 0.00367. The predicted octanol–water partition coefficient (Wildman–Crippen LogP) is 5.14. The summed E-state index contributed by atoms with van der Waals surface area (Å²) in [6.07, 6.45) is 1.99. The Morgan fingerprint density at radius 3 is 1.77 bits per heavy atom. The highest BCUT2D eigenvalue weighted by molar-refractivity contribution is 7.81. The fourth-order valence-electron chi connectivity index (χ4n) is 10.1. The van der Waals surface area contributed by atoms with Crippen molar-refractivity contribution in [1.82, 2.24) is 0 Å². The van der Waals surface area contributed by atoms with E-state index in [4.69, 9.17) is 12.5 Å². The molecule has 0 amide bonds. The Kier molecular flexibility index (Phi) is 10.2. The van der Waals surface area contributed by atoms with E-state index in [1.54, 1.807) is 0 Å². The van der Waals surface area contributed by atoms with E-state index < -0.39 is 60.8 Å². The molecule has 43 heavy (non-hydrogen) atoms. The molecule has 0 saturated heterocycles. The summed E-state index contributed by atoms with van der Waals surface area (Å²) in [5, 5.41) is 0. The Hall–Kier alpha value is -0.390. The number of rotatable bonds is 11. The molecule has 4 fully saturated rings. The van der Waals surface area contributed by atoms with Crippen molar-refractivity contribution in [2.75, 3.05) is 0 Å². The molecule has 1 unspecified atom stereocenters. The average Bonchev–Trinajstić information content (AvgIpc) is 3.18. The Labute approximate surface area is 257 Å². The third kappa shape index (κ3) is 7.78. The maximum Gasteiger partial charge on any atom is 0.397 e. The summed E-state index contributed by atoms with van der Waals surface area (Å²) in [5.41, 5.74) is -0.798. The third-order valence-corrected chi connectivity index (χ3v) is 13.8. The largest absolute Gasteiger partial charge is 0.397 e. The van der Waals surface area contributed by atoms with Gasteiger partial charge < -0.3 is 0 Å². The molecule has 252 valence electrons. The van der Waals surface area contributed by atoms with Crippen molar-refractivity contribution in [1.29, 1.82) is 0 Å². The van der Waals surface area contributed by atoms with E-state index in [1.807, 2.05) is 6.92 Å². The molecule has 0 aliphatic heterocycles.